The molecule has 0 aromatic heterocycles. The second-order valence-electron chi connectivity index (χ2n) is 5.31. The van der Waals surface area contributed by atoms with Gasteiger partial charge in [0.15, 0.2) is 0 Å². The summed E-state index contributed by atoms with van der Waals surface area (Å²) in [5.41, 5.74) is 0.259. The fourth-order valence-electron chi connectivity index (χ4n) is 2.14. The van der Waals surface area contributed by atoms with Gasteiger partial charge in [-0.2, -0.15) is 35.0 Å². The molecule has 4 rings (SSSR count). The molecule has 0 unspecified atom stereocenters. The van der Waals surface area contributed by atoms with Gasteiger partial charge in [0.05, 0.1) is 0 Å². The van der Waals surface area contributed by atoms with Crippen LogP contribution in [0.15, 0.2) is 84.9 Å². The predicted molar refractivity (Wildman–Crippen MR) is 96.6 cm³/mol. The second kappa shape index (κ2) is 9.01. The molecule has 0 heterocycles. The Morgan fingerprint density at radius 3 is 1.41 bits per heavy atom. The van der Waals surface area contributed by atoms with Crippen LogP contribution in [0.4, 0.5) is 0 Å². The Kier molecular flexibility index (Phi) is 7.01. The zero-order valence-electron chi connectivity index (χ0n) is 13.1. The minimum atomic E-state index is 0.259. The van der Waals surface area contributed by atoms with E-state index in [2.05, 4.69) is 98.0 Å². The van der Waals surface area contributed by atoms with E-state index in [-0.39, 0.29) is 5.49 Å². The van der Waals surface area contributed by atoms with Crippen LogP contribution in [0.5, 0.6) is 0 Å². The van der Waals surface area contributed by atoms with Gasteiger partial charge in [0.25, 0.3) is 0 Å². The van der Waals surface area contributed by atoms with E-state index < -0.39 is 0 Å². The summed E-state index contributed by atoms with van der Waals surface area (Å²) in [6.07, 6.45) is 0. The molecular weight excluding hydrogens is 447 g/mol. The van der Waals surface area contributed by atoms with Crippen molar-refractivity contribution in [1.82, 2.24) is 0 Å². The molecule has 0 atom stereocenters. The molecule has 0 aliphatic rings. The van der Waals surface area contributed by atoms with Crippen molar-refractivity contribution in [2.75, 3.05) is 0 Å². The van der Waals surface area contributed by atoms with Crippen LogP contribution in [0.1, 0.15) is 0 Å². The molecule has 2 heteroatoms. The standard InChI is InChI=1S/2C9H7.C2H6Si.Hf/c2*1-2-5-9-7-3-6-8(9)4-1;1-3-2;/h2*1-7H;1-2H3;/q2*-1;;+2. The Bertz CT molecular complexity index is 708. The zero-order chi connectivity index (χ0) is 15.8. The van der Waals surface area contributed by atoms with Crippen LogP contribution in [0, 0.1) is 0 Å². The summed E-state index contributed by atoms with van der Waals surface area (Å²) >= 11 is 1.45. The van der Waals surface area contributed by atoms with Gasteiger partial charge in [-0.1, -0.05) is 12.1 Å². The molecule has 0 bridgehead atoms. The van der Waals surface area contributed by atoms with Gasteiger partial charge in [0, 0.05) is 0 Å². The van der Waals surface area contributed by atoms with Gasteiger partial charge < -0.3 is 0 Å². The quantitative estimate of drug-likeness (QED) is 0.223. The van der Waals surface area contributed by atoms with E-state index in [1.165, 1.54) is 44.5 Å². The summed E-state index contributed by atoms with van der Waals surface area (Å²) in [4.78, 5) is 0. The third kappa shape index (κ3) is 5.51. The largest absolute Gasteiger partial charge is 0.168 e. The predicted octanol–water partition coefficient (Wildman–Crippen LogP) is 5.90. The van der Waals surface area contributed by atoms with E-state index in [4.69, 9.17) is 0 Å². The minimum absolute atomic E-state index is 0.259. The molecular formula is C20H20HfSi. The van der Waals surface area contributed by atoms with Gasteiger partial charge in [-0.15, -0.1) is 59.3 Å². The van der Waals surface area contributed by atoms with E-state index >= 15 is 0 Å². The van der Waals surface area contributed by atoms with Gasteiger partial charge >= 0.3 is 41.6 Å². The molecule has 0 aliphatic carbocycles. The number of rotatable bonds is 0. The zero-order valence-corrected chi connectivity index (χ0v) is 17.7. The Morgan fingerprint density at radius 1 is 0.682 bits per heavy atom. The molecule has 0 amide bonds. The van der Waals surface area contributed by atoms with Crippen LogP contribution in [0.25, 0.3) is 21.5 Å². The second-order valence-corrected chi connectivity index (χ2v) is 18.1. The number of hydrogen-bond acceptors (Lipinski definition) is 0. The van der Waals surface area contributed by atoms with E-state index in [1.54, 1.807) is 0 Å². The maximum atomic E-state index is 2.33. The molecule has 108 valence electrons. The van der Waals surface area contributed by atoms with Crippen molar-refractivity contribution in [3.05, 3.63) is 84.9 Å². The molecule has 0 N–H and O–H groups in total. The maximum Gasteiger partial charge on any atom is -0.0809 e. The van der Waals surface area contributed by atoms with Crippen LogP contribution in [-0.4, -0.2) is 5.49 Å². The van der Waals surface area contributed by atoms with Gasteiger partial charge in [0.1, 0.15) is 0 Å². The SMILES string of the molecule is C[Si](C)=[Hf+2].c1ccc2[cH-]ccc2c1.c1ccc2[cH-]ccc2c1. The van der Waals surface area contributed by atoms with Gasteiger partial charge in [0.2, 0.25) is 0 Å². The molecule has 4 aromatic carbocycles. The number of benzene rings is 2. The first-order chi connectivity index (χ1) is 10.7. The molecule has 0 spiro atoms. The van der Waals surface area contributed by atoms with Crippen LogP contribution in [-0.2, 0) is 23.0 Å². The van der Waals surface area contributed by atoms with Crippen LogP contribution < -0.4 is 0 Å². The van der Waals surface area contributed by atoms with Crippen molar-refractivity contribution in [3.63, 3.8) is 0 Å². The van der Waals surface area contributed by atoms with Crippen molar-refractivity contribution in [3.8, 4) is 0 Å². The smallest absolute Gasteiger partial charge is 0.0809 e. The summed E-state index contributed by atoms with van der Waals surface area (Å²) in [7, 11) is 0. The Hall–Kier alpha value is -1.25. The van der Waals surface area contributed by atoms with Gasteiger partial charge in [-0.05, 0) is 0 Å². The fraction of sp³-hybridized carbons (Fsp3) is 0.100. The van der Waals surface area contributed by atoms with E-state index in [1.807, 2.05) is 0 Å². The van der Waals surface area contributed by atoms with Crippen LogP contribution >= 0.6 is 0 Å². The first-order valence-electron chi connectivity index (χ1n) is 7.39. The van der Waals surface area contributed by atoms with Crippen molar-refractivity contribution in [2.45, 2.75) is 13.1 Å². The topological polar surface area (TPSA) is 0 Å². The molecule has 0 saturated heterocycles. The van der Waals surface area contributed by atoms with Crippen molar-refractivity contribution >= 4 is 27.0 Å². The minimum Gasteiger partial charge on any atom is -0.168 e. The van der Waals surface area contributed by atoms with Crippen LogP contribution in [0.2, 0.25) is 13.1 Å². The number of fused-ring (bicyclic) bond motifs is 2. The summed E-state index contributed by atoms with van der Waals surface area (Å²) in [6.45, 7) is 4.66. The average molecular weight is 467 g/mol. The molecule has 0 radical (unpaired) electrons. The van der Waals surface area contributed by atoms with E-state index in [9.17, 15) is 0 Å². The Morgan fingerprint density at radius 2 is 1.05 bits per heavy atom. The van der Waals surface area contributed by atoms with Crippen LogP contribution in [0.3, 0.4) is 0 Å². The fourth-order valence-corrected chi connectivity index (χ4v) is 2.14. The monoisotopic (exact) mass is 468 g/mol. The maximum absolute atomic E-state index is 2.33. The molecule has 4 aromatic rings. The Labute approximate surface area is 147 Å². The third-order valence-corrected chi connectivity index (χ3v) is 3.10. The number of hydrogen-bond donors (Lipinski definition) is 0. The van der Waals surface area contributed by atoms with Crippen molar-refractivity contribution < 1.29 is 23.0 Å². The molecule has 0 nitrogen and oxygen atoms in total. The van der Waals surface area contributed by atoms with Gasteiger partial charge in [-0.3, -0.25) is 0 Å². The molecule has 0 aliphatic heterocycles. The summed E-state index contributed by atoms with van der Waals surface area (Å²) in [5, 5.41) is 5.32. The van der Waals surface area contributed by atoms with E-state index in [0.717, 1.165) is 0 Å². The first kappa shape index (κ1) is 17.1. The van der Waals surface area contributed by atoms with Crippen molar-refractivity contribution in [1.29, 1.82) is 0 Å². The van der Waals surface area contributed by atoms with E-state index in [0.29, 0.717) is 0 Å². The van der Waals surface area contributed by atoms with Crippen molar-refractivity contribution in [2.24, 2.45) is 0 Å². The molecule has 0 saturated carbocycles. The summed E-state index contributed by atoms with van der Waals surface area (Å²) in [6, 6.07) is 29.3. The normalized spacial score (nSPS) is 9.64. The van der Waals surface area contributed by atoms with Gasteiger partial charge in [-0.25, -0.2) is 0 Å². The molecule has 22 heavy (non-hydrogen) atoms. The summed E-state index contributed by atoms with van der Waals surface area (Å²) in [5.74, 6) is 0. The summed E-state index contributed by atoms with van der Waals surface area (Å²) < 4.78 is 0. The first-order valence-corrected chi connectivity index (χ1v) is 15.3. The third-order valence-electron chi connectivity index (χ3n) is 3.10. The Balaban J connectivity index is 0.000000131. The molecule has 0 fully saturated rings. The average Bonchev–Trinajstić information content (AvgIpc) is 3.16.